The van der Waals surface area contributed by atoms with Gasteiger partial charge in [-0.1, -0.05) is 26.0 Å². The van der Waals surface area contributed by atoms with Gasteiger partial charge in [0, 0.05) is 6.20 Å². The van der Waals surface area contributed by atoms with E-state index in [4.69, 9.17) is 4.74 Å². The van der Waals surface area contributed by atoms with Gasteiger partial charge in [-0.2, -0.15) is 5.10 Å². The fraction of sp³-hybridized carbons (Fsp3) is 0.308. The second kappa shape index (κ2) is 5.96. The lowest BCUT2D eigenvalue weighted by atomic mass is 10.2. The second-order valence-corrected chi connectivity index (χ2v) is 6.42. The molecule has 2 N–H and O–H groups in total. The minimum Gasteiger partial charge on any atom is -0.491 e. The molecule has 0 fully saturated rings. The van der Waals surface area contributed by atoms with E-state index in [0.29, 0.717) is 24.0 Å². The molecule has 0 spiro atoms. The first-order valence-electron chi connectivity index (χ1n) is 6.22. The third-order valence-electron chi connectivity index (χ3n) is 2.49. The van der Waals surface area contributed by atoms with E-state index in [2.05, 4.69) is 14.9 Å². The van der Waals surface area contributed by atoms with Crippen LogP contribution in [0.15, 0.2) is 41.6 Å². The standard InChI is InChI=1S/C13H17N3O3S/c1-10(2)9-19-13-6-4-3-5-12(13)16-20(17,18)11-7-14-15-8-11/h3-8,10,16H,9H2,1-2H3,(H,14,15). The lowest BCUT2D eigenvalue weighted by Crippen LogP contribution is -2.14. The first-order valence-corrected chi connectivity index (χ1v) is 7.71. The molecule has 1 aromatic heterocycles. The summed E-state index contributed by atoms with van der Waals surface area (Å²) >= 11 is 0. The van der Waals surface area contributed by atoms with Crippen molar-refractivity contribution in [3.63, 3.8) is 0 Å². The topological polar surface area (TPSA) is 84.1 Å². The summed E-state index contributed by atoms with van der Waals surface area (Å²) in [7, 11) is -3.65. The molecule has 0 aliphatic carbocycles. The molecule has 1 aromatic carbocycles. The Balaban J connectivity index is 2.21. The third kappa shape index (κ3) is 3.51. The average Bonchev–Trinajstić information content (AvgIpc) is 2.92. The van der Waals surface area contributed by atoms with Crippen molar-refractivity contribution >= 4 is 15.7 Å². The van der Waals surface area contributed by atoms with Gasteiger partial charge in [0.15, 0.2) is 0 Å². The molecular formula is C13H17N3O3S. The molecule has 0 saturated heterocycles. The molecule has 2 aromatic rings. The fourth-order valence-electron chi connectivity index (χ4n) is 1.52. The Kier molecular flexibility index (Phi) is 4.29. The van der Waals surface area contributed by atoms with E-state index in [-0.39, 0.29) is 4.90 Å². The van der Waals surface area contributed by atoms with Gasteiger partial charge in [-0.3, -0.25) is 9.82 Å². The fourth-order valence-corrected chi connectivity index (χ4v) is 2.50. The van der Waals surface area contributed by atoms with Crippen molar-refractivity contribution in [2.75, 3.05) is 11.3 Å². The van der Waals surface area contributed by atoms with Crippen molar-refractivity contribution in [3.8, 4) is 5.75 Å². The van der Waals surface area contributed by atoms with Gasteiger partial charge in [0.2, 0.25) is 0 Å². The van der Waals surface area contributed by atoms with Gasteiger partial charge < -0.3 is 4.74 Å². The van der Waals surface area contributed by atoms with Crippen LogP contribution in [0.4, 0.5) is 5.69 Å². The van der Waals surface area contributed by atoms with Crippen molar-refractivity contribution in [2.45, 2.75) is 18.7 Å². The molecule has 7 heteroatoms. The Morgan fingerprint density at radius 3 is 2.75 bits per heavy atom. The maximum Gasteiger partial charge on any atom is 0.265 e. The molecule has 0 bridgehead atoms. The molecule has 0 amide bonds. The number of para-hydroxylation sites is 2. The van der Waals surface area contributed by atoms with Crippen LogP contribution in [0.5, 0.6) is 5.75 Å². The number of sulfonamides is 1. The number of ether oxygens (including phenoxy) is 1. The van der Waals surface area contributed by atoms with Crippen LogP contribution in [0.2, 0.25) is 0 Å². The van der Waals surface area contributed by atoms with Crippen molar-refractivity contribution in [3.05, 3.63) is 36.7 Å². The molecule has 0 aliphatic rings. The molecule has 0 unspecified atom stereocenters. The molecule has 0 atom stereocenters. The second-order valence-electron chi connectivity index (χ2n) is 4.74. The van der Waals surface area contributed by atoms with E-state index in [1.54, 1.807) is 24.3 Å². The Morgan fingerprint density at radius 1 is 1.35 bits per heavy atom. The summed E-state index contributed by atoms with van der Waals surface area (Å²) in [5.41, 5.74) is 0.411. The van der Waals surface area contributed by atoms with E-state index in [1.807, 2.05) is 13.8 Å². The minimum absolute atomic E-state index is 0.0798. The highest BCUT2D eigenvalue weighted by atomic mass is 32.2. The van der Waals surface area contributed by atoms with Crippen LogP contribution in [0.3, 0.4) is 0 Å². The molecule has 0 radical (unpaired) electrons. The van der Waals surface area contributed by atoms with E-state index < -0.39 is 10.0 Å². The summed E-state index contributed by atoms with van der Waals surface area (Å²) in [5.74, 6) is 0.863. The van der Waals surface area contributed by atoms with Gasteiger partial charge in [0.1, 0.15) is 10.6 Å². The molecule has 6 nitrogen and oxygen atoms in total. The maximum atomic E-state index is 12.1. The largest absolute Gasteiger partial charge is 0.491 e. The number of anilines is 1. The molecule has 0 aliphatic heterocycles. The van der Waals surface area contributed by atoms with Crippen LogP contribution < -0.4 is 9.46 Å². The highest BCUT2D eigenvalue weighted by Gasteiger charge is 2.17. The summed E-state index contributed by atoms with van der Waals surface area (Å²) in [4.78, 5) is 0.0798. The number of aromatic nitrogens is 2. The predicted molar refractivity (Wildman–Crippen MR) is 76.2 cm³/mol. The zero-order chi connectivity index (χ0) is 14.6. The maximum absolute atomic E-state index is 12.1. The van der Waals surface area contributed by atoms with Gasteiger partial charge in [-0.25, -0.2) is 8.42 Å². The zero-order valence-corrected chi connectivity index (χ0v) is 12.1. The number of hydrogen-bond donors (Lipinski definition) is 2. The van der Waals surface area contributed by atoms with Crippen LogP contribution >= 0.6 is 0 Å². The minimum atomic E-state index is -3.65. The van der Waals surface area contributed by atoms with Crippen LogP contribution in [-0.4, -0.2) is 25.2 Å². The van der Waals surface area contributed by atoms with E-state index in [0.717, 1.165) is 0 Å². The summed E-state index contributed by atoms with van der Waals surface area (Å²) in [6, 6.07) is 6.93. The van der Waals surface area contributed by atoms with Crippen LogP contribution in [0, 0.1) is 5.92 Å². The van der Waals surface area contributed by atoms with E-state index >= 15 is 0 Å². The number of hydrogen-bond acceptors (Lipinski definition) is 4. The number of nitrogens with zero attached hydrogens (tertiary/aromatic N) is 1. The number of rotatable bonds is 6. The SMILES string of the molecule is CC(C)COc1ccccc1NS(=O)(=O)c1cn[nH]c1. The Labute approximate surface area is 118 Å². The molecule has 1 heterocycles. The van der Waals surface area contributed by atoms with Gasteiger partial charge in [0.25, 0.3) is 10.0 Å². The lowest BCUT2D eigenvalue weighted by molar-refractivity contribution is 0.272. The smallest absolute Gasteiger partial charge is 0.265 e. The monoisotopic (exact) mass is 295 g/mol. The normalized spacial score (nSPS) is 11.6. The Morgan fingerprint density at radius 2 is 2.10 bits per heavy atom. The van der Waals surface area contributed by atoms with Gasteiger partial charge in [0.05, 0.1) is 18.5 Å². The van der Waals surface area contributed by atoms with Gasteiger partial charge in [-0.05, 0) is 18.1 Å². The van der Waals surface area contributed by atoms with Crippen molar-refractivity contribution < 1.29 is 13.2 Å². The van der Waals surface area contributed by atoms with Crippen LogP contribution in [0.25, 0.3) is 0 Å². The number of benzene rings is 1. The Bertz CT molecular complexity index is 651. The molecule has 0 saturated carbocycles. The first kappa shape index (κ1) is 14.4. The summed E-state index contributed by atoms with van der Waals surface area (Å²) < 4.78 is 32.4. The first-order chi connectivity index (χ1) is 9.49. The molecular weight excluding hydrogens is 278 g/mol. The van der Waals surface area contributed by atoms with Crippen molar-refractivity contribution in [1.29, 1.82) is 0 Å². The van der Waals surface area contributed by atoms with E-state index in [1.165, 1.54) is 12.4 Å². The zero-order valence-electron chi connectivity index (χ0n) is 11.3. The summed E-state index contributed by atoms with van der Waals surface area (Å²) in [6.45, 7) is 4.57. The van der Waals surface area contributed by atoms with Gasteiger partial charge >= 0.3 is 0 Å². The Hall–Kier alpha value is -2.02. The van der Waals surface area contributed by atoms with E-state index in [9.17, 15) is 8.42 Å². The van der Waals surface area contributed by atoms with Crippen LogP contribution in [-0.2, 0) is 10.0 Å². The number of nitrogens with one attached hydrogen (secondary N) is 2. The molecule has 108 valence electrons. The number of aromatic amines is 1. The average molecular weight is 295 g/mol. The molecule has 2 rings (SSSR count). The lowest BCUT2D eigenvalue weighted by Gasteiger charge is -2.14. The van der Waals surface area contributed by atoms with Crippen molar-refractivity contribution in [1.82, 2.24) is 10.2 Å². The van der Waals surface area contributed by atoms with Crippen LogP contribution in [0.1, 0.15) is 13.8 Å². The highest BCUT2D eigenvalue weighted by molar-refractivity contribution is 7.92. The third-order valence-corrected chi connectivity index (χ3v) is 3.82. The quantitative estimate of drug-likeness (QED) is 0.856. The number of H-pyrrole nitrogens is 1. The molecule has 20 heavy (non-hydrogen) atoms. The van der Waals surface area contributed by atoms with Gasteiger partial charge in [-0.15, -0.1) is 0 Å². The highest BCUT2D eigenvalue weighted by Crippen LogP contribution is 2.26. The predicted octanol–water partition coefficient (Wildman–Crippen LogP) is 2.25. The summed E-state index contributed by atoms with van der Waals surface area (Å²) in [6.07, 6.45) is 2.57. The van der Waals surface area contributed by atoms with Crippen molar-refractivity contribution in [2.24, 2.45) is 5.92 Å². The summed E-state index contributed by atoms with van der Waals surface area (Å²) in [5, 5.41) is 6.11.